The molecule has 0 spiro atoms. The first-order chi connectivity index (χ1) is 8.37. The lowest BCUT2D eigenvalue weighted by molar-refractivity contribution is 0.0936. The van der Waals surface area contributed by atoms with E-state index in [1.165, 1.54) is 6.42 Å². The summed E-state index contributed by atoms with van der Waals surface area (Å²) in [6.07, 6.45) is 3.28. The van der Waals surface area contributed by atoms with Gasteiger partial charge in [-0.3, -0.25) is 4.79 Å². The third-order valence-electron chi connectivity index (χ3n) is 3.49. The molecule has 18 heavy (non-hydrogen) atoms. The Morgan fingerprint density at radius 3 is 2.78 bits per heavy atom. The minimum atomic E-state index is -0.0185. The number of amides is 1. The van der Waals surface area contributed by atoms with E-state index in [4.69, 9.17) is 11.6 Å². The van der Waals surface area contributed by atoms with Gasteiger partial charge in [-0.15, -0.1) is 0 Å². The van der Waals surface area contributed by atoms with Gasteiger partial charge in [-0.25, -0.2) is 0 Å². The summed E-state index contributed by atoms with van der Waals surface area (Å²) >= 11 is 9.25. The van der Waals surface area contributed by atoms with Crippen LogP contribution in [0.2, 0.25) is 5.02 Å². The van der Waals surface area contributed by atoms with Crippen molar-refractivity contribution in [2.75, 3.05) is 0 Å². The van der Waals surface area contributed by atoms with Gasteiger partial charge in [0.1, 0.15) is 0 Å². The fourth-order valence-electron chi connectivity index (χ4n) is 2.47. The molecule has 0 aromatic heterocycles. The van der Waals surface area contributed by atoms with E-state index >= 15 is 0 Å². The molecule has 1 saturated carbocycles. The lowest BCUT2D eigenvalue weighted by Crippen LogP contribution is -2.33. The Kier molecular flexibility index (Phi) is 4.02. The number of halogens is 2. The van der Waals surface area contributed by atoms with Crippen molar-refractivity contribution in [2.45, 2.75) is 39.2 Å². The Bertz CT molecular complexity index is 473. The summed E-state index contributed by atoms with van der Waals surface area (Å²) < 4.78 is 0.753. The third kappa shape index (κ3) is 3.27. The molecule has 0 heterocycles. The molecule has 1 atom stereocenters. The molecule has 4 heteroatoms. The molecule has 0 bridgehead atoms. The minimum Gasteiger partial charge on any atom is -0.349 e. The summed E-state index contributed by atoms with van der Waals surface area (Å²) in [4.78, 5) is 12.1. The molecule has 2 rings (SSSR count). The Labute approximate surface area is 121 Å². The molecule has 1 amide bonds. The molecule has 1 aromatic rings. The van der Waals surface area contributed by atoms with Crippen LogP contribution < -0.4 is 5.32 Å². The monoisotopic (exact) mass is 329 g/mol. The van der Waals surface area contributed by atoms with Gasteiger partial charge in [-0.05, 0) is 58.8 Å². The zero-order valence-corrected chi connectivity index (χ0v) is 12.9. The van der Waals surface area contributed by atoms with Crippen molar-refractivity contribution in [3.8, 4) is 0 Å². The number of carbonyl (C=O) groups excluding carboxylic acids is 1. The van der Waals surface area contributed by atoms with Gasteiger partial charge >= 0.3 is 0 Å². The molecule has 1 aliphatic carbocycles. The van der Waals surface area contributed by atoms with Crippen LogP contribution in [0.15, 0.2) is 22.7 Å². The van der Waals surface area contributed by atoms with Crippen molar-refractivity contribution in [3.05, 3.63) is 33.3 Å². The SMILES string of the molecule is CC1(C)CCC(NC(=O)c2ccc(Cl)c(Br)c2)C1. The molecule has 2 nitrogen and oxygen atoms in total. The van der Waals surface area contributed by atoms with E-state index in [1.807, 2.05) is 0 Å². The Balaban J connectivity index is 2.02. The number of hydrogen-bond donors (Lipinski definition) is 1. The maximum absolute atomic E-state index is 12.1. The van der Waals surface area contributed by atoms with Gasteiger partial charge in [0.2, 0.25) is 0 Å². The summed E-state index contributed by atoms with van der Waals surface area (Å²) in [6.45, 7) is 4.50. The molecular weight excluding hydrogens is 314 g/mol. The molecule has 1 aliphatic rings. The number of rotatable bonds is 2. The second-order valence-corrected chi connectivity index (χ2v) is 6.97. The normalized spacial score (nSPS) is 21.9. The number of carbonyl (C=O) groups is 1. The van der Waals surface area contributed by atoms with Gasteiger partial charge in [0.25, 0.3) is 5.91 Å². The van der Waals surface area contributed by atoms with Gasteiger partial charge in [-0.2, -0.15) is 0 Å². The molecule has 1 N–H and O–H groups in total. The van der Waals surface area contributed by atoms with Gasteiger partial charge < -0.3 is 5.32 Å². The molecule has 1 unspecified atom stereocenters. The van der Waals surface area contributed by atoms with Gasteiger partial charge in [0, 0.05) is 16.1 Å². The van der Waals surface area contributed by atoms with E-state index in [0.717, 1.165) is 17.3 Å². The average Bonchev–Trinajstić information content (AvgIpc) is 2.62. The zero-order valence-electron chi connectivity index (χ0n) is 10.6. The van der Waals surface area contributed by atoms with Crippen LogP contribution in [0.25, 0.3) is 0 Å². The molecule has 0 saturated heterocycles. The molecular formula is C14H17BrClNO. The highest BCUT2D eigenvalue weighted by atomic mass is 79.9. The Hall–Kier alpha value is -0.540. The van der Waals surface area contributed by atoms with Crippen LogP contribution in [0.1, 0.15) is 43.5 Å². The summed E-state index contributed by atoms with van der Waals surface area (Å²) in [7, 11) is 0. The first-order valence-corrected chi connectivity index (χ1v) is 7.30. The minimum absolute atomic E-state index is 0.0185. The topological polar surface area (TPSA) is 29.1 Å². The van der Waals surface area contributed by atoms with Crippen LogP contribution in [0.5, 0.6) is 0 Å². The molecule has 1 aromatic carbocycles. The zero-order chi connectivity index (χ0) is 13.3. The molecule has 0 radical (unpaired) electrons. The first-order valence-electron chi connectivity index (χ1n) is 6.13. The van der Waals surface area contributed by atoms with Crippen molar-refractivity contribution in [3.63, 3.8) is 0 Å². The van der Waals surface area contributed by atoms with Crippen molar-refractivity contribution >= 4 is 33.4 Å². The second-order valence-electron chi connectivity index (χ2n) is 5.71. The predicted octanol–water partition coefficient (Wildman–Crippen LogP) is 4.41. The Morgan fingerprint density at radius 1 is 1.50 bits per heavy atom. The van der Waals surface area contributed by atoms with Crippen LogP contribution >= 0.6 is 27.5 Å². The average molecular weight is 331 g/mol. The highest BCUT2D eigenvalue weighted by molar-refractivity contribution is 9.10. The molecule has 98 valence electrons. The molecule has 0 aliphatic heterocycles. The van der Waals surface area contributed by atoms with Crippen LogP contribution in [0, 0.1) is 5.41 Å². The first kappa shape index (κ1) is 13.9. The van der Waals surface area contributed by atoms with Crippen LogP contribution in [-0.4, -0.2) is 11.9 Å². The van der Waals surface area contributed by atoms with E-state index in [0.29, 0.717) is 22.0 Å². The summed E-state index contributed by atoms with van der Waals surface area (Å²) in [5.41, 5.74) is 0.995. The van der Waals surface area contributed by atoms with Crippen molar-refractivity contribution in [1.29, 1.82) is 0 Å². The largest absolute Gasteiger partial charge is 0.349 e. The quantitative estimate of drug-likeness (QED) is 0.855. The van der Waals surface area contributed by atoms with E-state index in [2.05, 4.69) is 35.1 Å². The maximum Gasteiger partial charge on any atom is 0.251 e. The lowest BCUT2D eigenvalue weighted by Gasteiger charge is -2.18. The molecule has 1 fully saturated rings. The van der Waals surface area contributed by atoms with Crippen LogP contribution in [0.3, 0.4) is 0 Å². The smallest absolute Gasteiger partial charge is 0.251 e. The highest BCUT2D eigenvalue weighted by Crippen LogP contribution is 2.37. The van der Waals surface area contributed by atoms with Gasteiger partial charge in [0.15, 0.2) is 0 Å². The van der Waals surface area contributed by atoms with Gasteiger partial charge in [-0.1, -0.05) is 25.4 Å². The van der Waals surface area contributed by atoms with E-state index in [1.54, 1.807) is 18.2 Å². The third-order valence-corrected chi connectivity index (χ3v) is 4.70. The van der Waals surface area contributed by atoms with E-state index in [-0.39, 0.29) is 5.91 Å². The fourth-order valence-corrected chi connectivity index (χ4v) is 2.96. The maximum atomic E-state index is 12.1. The lowest BCUT2D eigenvalue weighted by atomic mass is 9.92. The van der Waals surface area contributed by atoms with Crippen LogP contribution in [-0.2, 0) is 0 Å². The highest BCUT2D eigenvalue weighted by Gasteiger charge is 2.31. The standard InChI is InChI=1S/C14H17BrClNO/c1-14(2)6-5-10(8-14)17-13(18)9-3-4-12(16)11(15)7-9/h3-4,7,10H,5-6,8H2,1-2H3,(H,17,18). The van der Waals surface area contributed by atoms with Gasteiger partial charge in [0.05, 0.1) is 5.02 Å². The second kappa shape index (κ2) is 5.22. The number of benzene rings is 1. The summed E-state index contributed by atoms with van der Waals surface area (Å²) in [5.74, 6) is -0.0185. The Morgan fingerprint density at radius 2 is 2.22 bits per heavy atom. The number of nitrogens with one attached hydrogen (secondary N) is 1. The van der Waals surface area contributed by atoms with Crippen molar-refractivity contribution in [1.82, 2.24) is 5.32 Å². The predicted molar refractivity (Wildman–Crippen MR) is 78.0 cm³/mol. The van der Waals surface area contributed by atoms with Crippen molar-refractivity contribution < 1.29 is 4.79 Å². The van der Waals surface area contributed by atoms with Crippen LogP contribution in [0.4, 0.5) is 0 Å². The summed E-state index contributed by atoms with van der Waals surface area (Å²) in [6, 6.07) is 5.54. The summed E-state index contributed by atoms with van der Waals surface area (Å²) in [5, 5.41) is 3.71. The van der Waals surface area contributed by atoms with E-state index in [9.17, 15) is 4.79 Å². The van der Waals surface area contributed by atoms with E-state index < -0.39 is 0 Å². The fraction of sp³-hybridized carbons (Fsp3) is 0.500. The number of hydrogen-bond acceptors (Lipinski definition) is 1. The van der Waals surface area contributed by atoms with Crippen molar-refractivity contribution in [2.24, 2.45) is 5.41 Å².